The number of fused-ring (bicyclic) bond motifs is 1. The van der Waals surface area contributed by atoms with E-state index in [2.05, 4.69) is 21.9 Å². The fraction of sp³-hybridized carbons (Fsp3) is 0.200. The maximum Gasteiger partial charge on any atom is 0.415 e. The van der Waals surface area contributed by atoms with Gasteiger partial charge in [0.2, 0.25) is 12.2 Å². The second-order valence-electron chi connectivity index (χ2n) is 10.8. The van der Waals surface area contributed by atoms with E-state index in [4.69, 9.17) is 19.3 Å². The lowest BCUT2D eigenvalue weighted by atomic mass is 10.1. The predicted molar refractivity (Wildman–Crippen MR) is 174 cm³/mol. The highest BCUT2D eigenvalue weighted by Gasteiger charge is 2.29. The van der Waals surface area contributed by atoms with Gasteiger partial charge in [0.25, 0.3) is 0 Å². The third-order valence-corrected chi connectivity index (χ3v) is 7.60. The van der Waals surface area contributed by atoms with Gasteiger partial charge in [0.05, 0.1) is 17.0 Å². The van der Waals surface area contributed by atoms with E-state index in [9.17, 15) is 14.4 Å². The molecule has 0 aliphatic carbocycles. The van der Waals surface area contributed by atoms with Gasteiger partial charge in [-0.15, -0.1) is 0 Å². The molecule has 238 valence electrons. The molecule has 2 amide bonds. The first-order valence-electron chi connectivity index (χ1n) is 15.1. The second-order valence-corrected chi connectivity index (χ2v) is 10.8. The Morgan fingerprint density at radius 1 is 0.936 bits per heavy atom. The van der Waals surface area contributed by atoms with E-state index in [0.29, 0.717) is 46.9 Å². The quantitative estimate of drug-likeness (QED) is 0.111. The van der Waals surface area contributed by atoms with Gasteiger partial charge < -0.3 is 19.1 Å². The third-order valence-electron chi connectivity index (χ3n) is 7.60. The van der Waals surface area contributed by atoms with Crippen LogP contribution < -0.4 is 10.1 Å². The highest BCUT2D eigenvalue weighted by Crippen LogP contribution is 2.36. The molecular formula is C35H32N6O6. The Hall–Kier alpha value is -6.04. The van der Waals surface area contributed by atoms with Gasteiger partial charge in [-0.2, -0.15) is 5.10 Å². The molecule has 1 aliphatic rings. The molecule has 6 rings (SSSR count). The molecule has 3 heterocycles. The van der Waals surface area contributed by atoms with Crippen LogP contribution in [0.5, 0.6) is 11.5 Å². The van der Waals surface area contributed by atoms with Crippen molar-refractivity contribution in [1.29, 1.82) is 0 Å². The Bertz CT molecular complexity index is 1900. The van der Waals surface area contributed by atoms with Crippen LogP contribution >= 0.6 is 0 Å². The number of carbonyl (C=O) groups is 3. The van der Waals surface area contributed by atoms with Crippen LogP contribution in [-0.2, 0) is 14.3 Å². The van der Waals surface area contributed by atoms with E-state index >= 15 is 0 Å². The zero-order valence-electron chi connectivity index (χ0n) is 25.6. The zero-order chi connectivity index (χ0) is 32.8. The topological polar surface area (TPSA) is 138 Å². The van der Waals surface area contributed by atoms with E-state index in [1.807, 2.05) is 54.6 Å². The standard InChI is InChI=1S/C35H32N6O6/c1-3-29(42)40-20-10-13-26(21-40)41-33-30(31(39-41)24-16-18-28(19-17-24)47-27-14-8-5-9-15-27)32(36-22-37-33)38-35(44)46-23(2)45-34(43)25-11-6-4-7-12-25/h3-9,11-12,14-19,22-23,26H,1,10,13,20-21H2,2H3,(H,36,37,38,44)/t23-,26+/m0/s1. The molecule has 0 spiro atoms. The number of nitrogens with one attached hydrogen (secondary N) is 1. The lowest BCUT2D eigenvalue weighted by Crippen LogP contribution is -2.40. The smallest absolute Gasteiger partial charge is 0.415 e. The number of benzene rings is 3. The molecule has 0 radical (unpaired) electrons. The Morgan fingerprint density at radius 3 is 2.36 bits per heavy atom. The molecule has 1 fully saturated rings. The molecule has 0 unspecified atom stereocenters. The van der Waals surface area contributed by atoms with Crippen LogP contribution in [0.15, 0.2) is 104 Å². The van der Waals surface area contributed by atoms with Crippen LogP contribution in [0.4, 0.5) is 10.6 Å². The maximum atomic E-state index is 13.0. The summed E-state index contributed by atoms with van der Waals surface area (Å²) < 4.78 is 18.4. The minimum atomic E-state index is -1.19. The first-order chi connectivity index (χ1) is 22.9. The Morgan fingerprint density at radius 2 is 1.64 bits per heavy atom. The fourth-order valence-electron chi connectivity index (χ4n) is 5.41. The molecule has 2 atom stereocenters. The summed E-state index contributed by atoms with van der Waals surface area (Å²) in [5.74, 6) is 0.708. The van der Waals surface area contributed by atoms with Crippen LogP contribution in [0, 0.1) is 0 Å². The molecular weight excluding hydrogens is 600 g/mol. The maximum absolute atomic E-state index is 13.0. The highest BCUT2D eigenvalue weighted by atomic mass is 16.7. The molecule has 1 aliphatic heterocycles. The first-order valence-corrected chi connectivity index (χ1v) is 15.1. The molecule has 1 saturated heterocycles. The summed E-state index contributed by atoms with van der Waals surface area (Å²) in [6, 6.07) is 25.0. The molecule has 3 aromatic carbocycles. The van der Waals surface area contributed by atoms with Crippen LogP contribution in [0.3, 0.4) is 0 Å². The fourth-order valence-corrected chi connectivity index (χ4v) is 5.41. The van der Waals surface area contributed by atoms with Gasteiger partial charge in [-0.25, -0.2) is 24.2 Å². The van der Waals surface area contributed by atoms with E-state index < -0.39 is 18.4 Å². The minimum absolute atomic E-state index is 0.151. The summed E-state index contributed by atoms with van der Waals surface area (Å²) in [5, 5.41) is 8.12. The SMILES string of the molecule is C=CC(=O)N1CCC[C@@H](n2nc(-c3ccc(Oc4ccccc4)cc3)c3c(NC(=O)O[C@@H](C)OC(=O)c4ccccc4)ncnc32)C1. The molecule has 1 N–H and O–H groups in total. The molecule has 2 aromatic heterocycles. The van der Waals surface area contributed by atoms with Crippen molar-refractivity contribution in [2.24, 2.45) is 0 Å². The van der Waals surface area contributed by atoms with E-state index in [1.165, 1.54) is 19.3 Å². The van der Waals surface area contributed by atoms with Crippen molar-refractivity contribution >= 4 is 34.8 Å². The lowest BCUT2D eigenvalue weighted by molar-refractivity contribution is -0.127. The normalized spacial score (nSPS) is 15.0. The third kappa shape index (κ3) is 7.12. The van der Waals surface area contributed by atoms with E-state index in [1.54, 1.807) is 39.9 Å². The average Bonchev–Trinajstić information content (AvgIpc) is 3.50. The zero-order valence-corrected chi connectivity index (χ0v) is 25.6. The van der Waals surface area contributed by atoms with Crippen molar-refractivity contribution in [3.63, 3.8) is 0 Å². The first kappa shape index (κ1) is 31.0. The molecule has 5 aromatic rings. The summed E-state index contributed by atoms with van der Waals surface area (Å²) in [6.07, 6.45) is 2.10. The van der Waals surface area contributed by atoms with Crippen molar-refractivity contribution in [1.82, 2.24) is 24.6 Å². The highest BCUT2D eigenvalue weighted by molar-refractivity contribution is 6.03. The van der Waals surface area contributed by atoms with Crippen molar-refractivity contribution in [3.05, 3.63) is 109 Å². The van der Waals surface area contributed by atoms with Gasteiger partial charge in [-0.3, -0.25) is 10.1 Å². The molecule has 12 heteroatoms. The largest absolute Gasteiger partial charge is 0.457 e. The number of anilines is 1. The summed E-state index contributed by atoms with van der Waals surface area (Å²) in [5.41, 5.74) is 2.03. The number of ether oxygens (including phenoxy) is 3. The van der Waals surface area contributed by atoms with E-state index in [0.717, 1.165) is 18.4 Å². The Labute approximate surface area is 270 Å². The van der Waals surface area contributed by atoms with Crippen LogP contribution in [0.1, 0.15) is 36.2 Å². The lowest BCUT2D eigenvalue weighted by Gasteiger charge is -2.32. The van der Waals surface area contributed by atoms with Crippen molar-refractivity contribution in [3.8, 4) is 22.8 Å². The molecule has 12 nitrogen and oxygen atoms in total. The number of hydrogen-bond acceptors (Lipinski definition) is 9. The number of hydrogen-bond donors (Lipinski definition) is 1. The molecule has 0 bridgehead atoms. The van der Waals surface area contributed by atoms with Gasteiger partial charge >= 0.3 is 12.1 Å². The number of carbonyl (C=O) groups excluding carboxylic acids is 3. The number of rotatable bonds is 9. The second kappa shape index (κ2) is 13.9. The average molecular weight is 633 g/mol. The summed E-state index contributed by atoms with van der Waals surface area (Å²) in [4.78, 5) is 48.5. The number of piperidine rings is 1. The van der Waals surface area contributed by atoms with Gasteiger partial charge in [-0.1, -0.05) is 43.0 Å². The van der Waals surface area contributed by atoms with Gasteiger partial charge in [-0.05, 0) is 67.4 Å². The van der Waals surface area contributed by atoms with Gasteiger partial charge in [0.15, 0.2) is 11.5 Å². The number of likely N-dealkylation sites (tertiary alicyclic amines) is 1. The van der Waals surface area contributed by atoms with Crippen LogP contribution in [0.2, 0.25) is 0 Å². The number of esters is 1. The number of amides is 2. The summed E-state index contributed by atoms with van der Waals surface area (Å²) in [6.45, 7) is 6.11. The number of nitrogens with zero attached hydrogens (tertiary/aromatic N) is 5. The summed E-state index contributed by atoms with van der Waals surface area (Å²) in [7, 11) is 0. The number of aromatic nitrogens is 4. The minimum Gasteiger partial charge on any atom is -0.457 e. The molecule has 47 heavy (non-hydrogen) atoms. The Balaban J connectivity index is 1.30. The van der Waals surface area contributed by atoms with Crippen molar-refractivity contribution < 1.29 is 28.6 Å². The predicted octanol–water partition coefficient (Wildman–Crippen LogP) is 6.39. The van der Waals surface area contributed by atoms with E-state index in [-0.39, 0.29) is 17.8 Å². The van der Waals surface area contributed by atoms with Crippen LogP contribution in [-0.4, -0.2) is 62.0 Å². The van der Waals surface area contributed by atoms with Gasteiger partial charge in [0, 0.05) is 25.6 Å². The van der Waals surface area contributed by atoms with Gasteiger partial charge in [0.1, 0.15) is 23.5 Å². The van der Waals surface area contributed by atoms with Crippen molar-refractivity contribution in [2.75, 3.05) is 18.4 Å². The monoisotopic (exact) mass is 632 g/mol. The van der Waals surface area contributed by atoms with Crippen LogP contribution in [0.25, 0.3) is 22.3 Å². The molecule has 0 saturated carbocycles. The number of para-hydroxylation sites is 1. The van der Waals surface area contributed by atoms with Crippen molar-refractivity contribution in [2.45, 2.75) is 32.1 Å². The summed E-state index contributed by atoms with van der Waals surface area (Å²) >= 11 is 0. The Kier molecular flexibility index (Phi) is 9.18.